The normalized spacial score (nSPS) is 10.8. The molecule has 164 valence electrons. The molecule has 5 N–H and O–H groups in total. The lowest BCUT2D eigenvalue weighted by molar-refractivity contribution is -0.738. The summed E-state index contributed by atoms with van der Waals surface area (Å²) in [4.78, 5) is 25.2. The summed E-state index contributed by atoms with van der Waals surface area (Å²) < 4.78 is 2.83. The summed E-state index contributed by atoms with van der Waals surface area (Å²) in [6.45, 7) is 0.683. The molecule has 0 atom stereocenters. The fourth-order valence-electron chi connectivity index (χ4n) is 3.14. The smallest absolute Gasteiger partial charge is 0.290 e. The van der Waals surface area contributed by atoms with Gasteiger partial charge >= 0.3 is 0 Å². The molecule has 3 heterocycles. The van der Waals surface area contributed by atoms with Crippen LogP contribution in [0.5, 0.6) is 0 Å². The second-order valence-corrected chi connectivity index (χ2v) is 8.28. The molecule has 10 nitrogen and oxygen atoms in total. The highest BCUT2D eigenvalue weighted by Gasteiger charge is 2.16. The molecule has 32 heavy (non-hydrogen) atoms. The number of likely N-dealkylation sites (N-methyl/N-ethyl adjacent to an activating group) is 1. The van der Waals surface area contributed by atoms with Gasteiger partial charge in [0.1, 0.15) is 5.69 Å². The molecule has 4 rings (SSSR count). The summed E-state index contributed by atoms with van der Waals surface area (Å²) >= 11 is 1.67. The van der Waals surface area contributed by atoms with E-state index in [0.29, 0.717) is 23.7 Å². The molecular weight excluding hydrogens is 428 g/mol. The Morgan fingerprint density at radius 3 is 2.88 bits per heavy atom. The van der Waals surface area contributed by atoms with Crippen molar-refractivity contribution in [3.63, 3.8) is 0 Å². The minimum Gasteiger partial charge on any atom is -0.379 e. The topological polar surface area (TPSA) is 133 Å². The first-order chi connectivity index (χ1) is 15.4. The maximum absolute atomic E-state index is 11.9. The third kappa shape index (κ3) is 4.67. The number of thiophene rings is 1. The molecule has 0 unspecified atom stereocenters. The van der Waals surface area contributed by atoms with E-state index in [9.17, 15) is 9.59 Å². The van der Waals surface area contributed by atoms with Crippen LogP contribution in [0, 0.1) is 0 Å². The molecule has 0 aliphatic heterocycles. The Kier molecular flexibility index (Phi) is 5.99. The van der Waals surface area contributed by atoms with Crippen molar-refractivity contribution in [2.45, 2.75) is 13.1 Å². The number of carbonyl (C=O) groups excluding carboxylic acids is 2. The number of nitrogens with two attached hydrogens (primary N) is 1. The lowest BCUT2D eigenvalue weighted by Gasteiger charge is -2.11. The van der Waals surface area contributed by atoms with E-state index in [1.807, 2.05) is 17.5 Å². The summed E-state index contributed by atoms with van der Waals surface area (Å²) in [7, 11) is 3.41. The van der Waals surface area contributed by atoms with Crippen LogP contribution in [-0.4, -0.2) is 46.1 Å². The summed E-state index contributed by atoms with van der Waals surface area (Å²) in [6.07, 6.45) is 3.45. The van der Waals surface area contributed by atoms with Gasteiger partial charge in [-0.1, -0.05) is 18.2 Å². The van der Waals surface area contributed by atoms with E-state index in [1.165, 1.54) is 15.0 Å². The summed E-state index contributed by atoms with van der Waals surface area (Å²) in [5, 5.41) is 20.6. The molecule has 0 radical (unpaired) electrons. The van der Waals surface area contributed by atoms with E-state index in [2.05, 4.69) is 38.1 Å². The van der Waals surface area contributed by atoms with Crippen LogP contribution in [0.15, 0.2) is 48.1 Å². The number of hydrogen-bond acceptors (Lipinski definition) is 7. The molecule has 2 amide bonds. The first-order valence-corrected chi connectivity index (χ1v) is 10.7. The van der Waals surface area contributed by atoms with Crippen LogP contribution in [0.3, 0.4) is 0 Å². The van der Waals surface area contributed by atoms with Crippen molar-refractivity contribution < 1.29 is 14.3 Å². The van der Waals surface area contributed by atoms with Gasteiger partial charge < -0.3 is 21.3 Å². The standard InChI is InChI=1S/C21H22N8O2S/c1-28(2)18(30)12-29-11-15(10-24-29)25-17-8-16(19(21(22)31)27-26-17)23-9-14-5-3-4-13-6-7-32-20(13)14/h3-8,10-11H,9,12H2,1-2H3,(H4,22,23,25,26,31)/p+1. The van der Waals surface area contributed by atoms with Crippen LogP contribution in [0.25, 0.3) is 10.1 Å². The average molecular weight is 452 g/mol. The SMILES string of the molecule is CN(C)C(=O)C[n+]1cc(Nc2cc(NCc3cccc4ccsc34)c(C(N)=O)nn2)c[nH]1. The monoisotopic (exact) mass is 451 g/mol. The van der Waals surface area contributed by atoms with Gasteiger partial charge in [-0.25, -0.2) is 0 Å². The van der Waals surface area contributed by atoms with Crippen LogP contribution < -0.4 is 21.0 Å². The first kappa shape index (κ1) is 21.2. The van der Waals surface area contributed by atoms with Crippen molar-refractivity contribution in [1.82, 2.24) is 20.2 Å². The molecule has 3 aromatic heterocycles. The quantitative estimate of drug-likeness (QED) is 0.302. The van der Waals surface area contributed by atoms with Gasteiger partial charge in [0.05, 0.1) is 11.9 Å². The number of fused-ring (bicyclic) bond motifs is 1. The van der Waals surface area contributed by atoms with Crippen LogP contribution >= 0.6 is 11.3 Å². The van der Waals surface area contributed by atoms with Gasteiger partial charge in [-0.05, 0) is 22.4 Å². The van der Waals surface area contributed by atoms with Gasteiger partial charge in [-0.3, -0.25) is 9.59 Å². The van der Waals surface area contributed by atoms with Gasteiger partial charge in [0.15, 0.2) is 11.5 Å². The summed E-state index contributed by atoms with van der Waals surface area (Å²) in [6, 6.07) is 9.86. The molecule has 0 saturated carbocycles. The minimum atomic E-state index is -0.664. The number of carbonyl (C=O) groups is 2. The molecule has 0 bridgehead atoms. The molecular formula is C21H23N8O2S+. The number of benzene rings is 1. The Bertz CT molecular complexity index is 1280. The second-order valence-electron chi connectivity index (χ2n) is 7.36. The van der Waals surface area contributed by atoms with Crippen LogP contribution in [0.4, 0.5) is 17.2 Å². The zero-order valence-corrected chi connectivity index (χ0v) is 18.4. The number of anilines is 3. The second kappa shape index (κ2) is 9.02. The Labute approximate surface area is 188 Å². The Morgan fingerprint density at radius 2 is 2.09 bits per heavy atom. The van der Waals surface area contributed by atoms with Crippen molar-refractivity contribution in [2.24, 2.45) is 5.73 Å². The van der Waals surface area contributed by atoms with Crippen LogP contribution in [0.2, 0.25) is 0 Å². The van der Waals surface area contributed by atoms with Crippen molar-refractivity contribution in [2.75, 3.05) is 24.7 Å². The number of hydrogen-bond donors (Lipinski definition) is 4. The number of H-pyrrole nitrogens is 1. The molecule has 4 aromatic rings. The minimum absolute atomic E-state index is 0.0405. The highest BCUT2D eigenvalue weighted by Crippen LogP contribution is 2.26. The number of nitrogens with one attached hydrogen (secondary N) is 3. The molecule has 11 heteroatoms. The zero-order chi connectivity index (χ0) is 22.7. The summed E-state index contributed by atoms with van der Waals surface area (Å²) in [5.74, 6) is -0.277. The molecule has 0 aliphatic rings. The van der Waals surface area contributed by atoms with Crippen molar-refractivity contribution in [3.8, 4) is 0 Å². The third-order valence-corrected chi connectivity index (χ3v) is 5.82. The summed E-state index contributed by atoms with van der Waals surface area (Å²) in [5.41, 5.74) is 7.83. The Hall–Kier alpha value is -3.99. The van der Waals surface area contributed by atoms with Crippen molar-refractivity contribution in [3.05, 3.63) is 59.4 Å². The molecule has 0 fully saturated rings. The van der Waals surface area contributed by atoms with Gasteiger partial charge in [0.25, 0.3) is 11.8 Å². The fourth-order valence-corrected chi connectivity index (χ4v) is 4.06. The lowest BCUT2D eigenvalue weighted by atomic mass is 10.1. The van der Waals surface area contributed by atoms with E-state index >= 15 is 0 Å². The fraction of sp³-hybridized carbons (Fsp3) is 0.190. The molecule has 0 spiro atoms. The van der Waals surface area contributed by atoms with E-state index < -0.39 is 5.91 Å². The van der Waals surface area contributed by atoms with E-state index in [4.69, 9.17) is 5.73 Å². The predicted octanol–water partition coefficient (Wildman–Crippen LogP) is 1.85. The molecule has 1 aromatic carbocycles. The van der Waals surface area contributed by atoms with Gasteiger partial charge in [0, 0.05) is 31.4 Å². The predicted molar refractivity (Wildman–Crippen MR) is 123 cm³/mol. The highest BCUT2D eigenvalue weighted by atomic mass is 32.1. The van der Waals surface area contributed by atoms with E-state index in [1.54, 1.807) is 48.6 Å². The number of aromatic amines is 1. The van der Waals surface area contributed by atoms with Crippen LogP contribution in [0.1, 0.15) is 16.1 Å². The Balaban J connectivity index is 1.52. The third-order valence-electron chi connectivity index (χ3n) is 4.81. The van der Waals surface area contributed by atoms with Gasteiger partial charge in [0.2, 0.25) is 12.7 Å². The average Bonchev–Trinajstić information content (AvgIpc) is 3.41. The molecule has 0 aliphatic carbocycles. The maximum Gasteiger partial charge on any atom is 0.290 e. The maximum atomic E-state index is 11.9. The number of rotatable bonds is 8. The Morgan fingerprint density at radius 1 is 1.25 bits per heavy atom. The van der Waals surface area contributed by atoms with Crippen molar-refractivity contribution in [1.29, 1.82) is 0 Å². The zero-order valence-electron chi connectivity index (χ0n) is 17.6. The first-order valence-electron chi connectivity index (χ1n) is 9.82. The number of primary amides is 1. The number of aromatic nitrogens is 4. The number of amides is 2. The van der Waals surface area contributed by atoms with Crippen LogP contribution in [-0.2, 0) is 17.9 Å². The van der Waals surface area contributed by atoms with Gasteiger partial charge in [-0.15, -0.1) is 26.2 Å². The van der Waals surface area contributed by atoms with E-state index in [-0.39, 0.29) is 18.1 Å². The van der Waals surface area contributed by atoms with Gasteiger partial charge in [-0.2, -0.15) is 5.10 Å². The highest BCUT2D eigenvalue weighted by molar-refractivity contribution is 7.17. The number of nitrogens with zero attached hydrogens (tertiary/aromatic N) is 4. The van der Waals surface area contributed by atoms with E-state index in [0.717, 1.165) is 5.56 Å². The molecule has 0 saturated heterocycles. The lowest BCUT2D eigenvalue weighted by Crippen LogP contribution is -2.43. The van der Waals surface area contributed by atoms with Crippen molar-refractivity contribution >= 4 is 50.4 Å². The largest absolute Gasteiger partial charge is 0.379 e.